The van der Waals surface area contributed by atoms with Crippen molar-refractivity contribution >= 4 is 99.1 Å². The van der Waals surface area contributed by atoms with E-state index in [4.69, 9.17) is 15.3 Å². The van der Waals surface area contributed by atoms with Gasteiger partial charge in [0, 0.05) is 49.1 Å². The van der Waals surface area contributed by atoms with Crippen molar-refractivity contribution in [2.24, 2.45) is 5.16 Å². The topological polar surface area (TPSA) is 202 Å². The van der Waals surface area contributed by atoms with Crippen LogP contribution < -0.4 is 21.4 Å². The monoisotopic (exact) mass is 836 g/mol. The average Bonchev–Trinajstić information content (AvgIpc) is 3.55. The lowest BCUT2D eigenvalue weighted by atomic mass is 10.0. The van der Waals surface area contributed by atoms with Crippen molar-refractivity contribution in [2.75, 3.05) is 70.0 Å². The first-order valence-electron chi connectivity index (χ1n) is 15.6. The van der Waals surface area contributed by atoms with Gasteiger partial charge in [0.25, 0.3) is 11.8 Å². The molecule has 2 atom stereocenters. The third-order valence-corrected chi connectivity index (χ3v) is 10.7. The van der Waals surface area contributed by atoms with Gasteiger partial charge in [0.1, 0.15) is 60.3 Å². The zero-order valence-corrected chi connectivity index (χ0v) is 31.6. The van der Waals surface area contributed by atoms with E-state index in [0.717, 1.165) is 44.8 Å². The number of benzene rings is 1. The third kappa shape index (κ3) is 7.81. The molecule has 3 aliphatic heterocycles. The lowest BCUT2D eigenvalue weighted by Crippen LogP contribution is -2.71. The summed E-state index contributed by atoms with van der Waals surface area (Å²) in [6, 6.07) is -0.345. The summed E-state index contributed by atoms with van der Waals surface area (Å²) in [5.41, 5.74) is 2.53. The van der Waals surface area contributed by atoms with Crippen LogP contribution in [0.1, 0.15) is 16.1 Å². The number of pyridine rings is 1. The summed E-state index contributed by atoms with van der Waals surface area (Å²) in [7, 11) is 3.08. The van der Waals surface area contributed by atoms with Crippen molar-refractivity contribution < 1.29 is 47.0 Å². The maximum atomic E-state index is 15.9. The number of amides is 2. The number of aromatic nitrogens is 2. The predicted molar refractivity (Wildman–Crippen MR) is 198 cm³/mol. The second-order valence-corrected chi connectivity index (χ2v) is 13.8. The van der Waals surface area contributed by atoms with Crippen molar-refractivity contribution in [2.45, 2.75) is 18.0 Å². The minimum absolute atomic E-state index is 0. The number of carbonyl (C=O) groups is 4. The Kier molecular flexibility index (Phi) is 13.5. The van der Waals surface area contributed by atoms with E-state index in [1.807, 2.05) is 11.9 Å². The molecule has 0 aliphatic carbocycles. The highest BCUT2D eigenvalue weighted by atomic mass is 35.5. The van der Waals surface area contributed by atoms with Gasteiger partial charge >= 0.3 is 11.9 Å². The van der Waals surface area contributed by atoms with E-state index >= 15 is 8.78 Å². The number of carbonyl (C=O) groups excluding carboxylic acids is 3. The number of fused-ring (bicyclic) bond motifs is 2. The minimum Gasteiger partial charge on any atom is -0.477 e. The number of aliphatic carboxylic acids is 1. The number of halogens is 5. The SMILES string of the molecule is CO/N=C(/C(=O)N[C@@H]1C(=O)N2C(C(=O)O)=C(COC(=O)c3cn(CCF)c4c(F)c(N5CCN(C)CC5)c(F)cc4c3=O)CS[C@H]12)c1csc(N)n1.Cl.Cl. The Hall–Kier alpha value is -4.57. The first-order chi connectivity index (χ1) is 24.9. The van der Waals surface area contributed by atoms with Gasteiger partial charge in [-0.15, -0.1) is 47.9 Å². The van der Waals surface area contributed by atoms with Gasteiger partial charge in [-0.2, -0.15) is 0 Å². The van der Waals surface area contributed by atoms with Crippen molar-refractivity contribution in [3.63, 3.8) is 0 Å². The molecule has 0 bridgehead atoms. The molecule has 23 heteroatoms. The van der Waals surface area contributed by atoms with Crippen LogP contribution in [-0.2, 0) is 30.5 Å². The standard InChI is InChI=1S/C31H31F3N8O8S2.2ClH/c1-39-5-7-40(8-6-39)24-17(33)9-15-23(19(24)34)41(4-3-32)10-16(25(15)43)30(48)50-11-14-12-51-28-21(27(45)42(28)22(14)29(46)47)37-26(44)20(38-49-2)18-13-52-31(35)36-18;;/h9-10,13,21,28H,3-8,11-12H2,1-2H3,(H2,35,36)(H,37,44)(H,46,47);2*1H/b38-20+;;/t21-,28-;;/m1../s1. The van der Waals surface area contributed by atoms with Gasteiger partial charge in [-0.25, -0.2) is 27.7 Å². The summed E-state index contributed by atoms with van der Waals surface area (Å²) in [6.07, 6.45) is 0.923. The number of nitrogens with two attached hydrogens (primary N) is 1. The molecule has 5 heterocycles. The number of ether oxygens (including phenoxy) is 1. The fourth-order valence-corrected chi connectivity index (χ4v) is 8.01. The number of thioether (sulfide) groups is 1. The molecule has 16 nitrogen and oxygen atoms in total. The maximum Gasteiger partial charge on any atom is 0.352 e. The van der Waals surface area contributed by atoms with Crippen molar-refractivity contribution in [3.05, 3.63) is 62.0 Å². The maximum absolute atomic E-state index is 15.9. The molecule has 4 N–H and O–H groups in total. The Bertz CT molecular complexity index is 2110. The van der Waals surface area contributed by atoms with E-state index in [0.29, 0.717) is 26.2 Å². The number of nitrogens with one attached hydrogen (secondary N) is 1. The van der Waals surface area contributed by atoms with Gasteiger partial charge in [-0.05, 0) is 13.1 Å². The van der Waals surface area contributed by atoms with E-state index in [1.54, 1.807) is 0 Å². The van der Waals surface area contributed by atoms with E-state index in [2.05, 4.69) is 15.5 Å². The number of oxime groups is 1. The Balaban J connectivity index is 0.00000325. The number of thiazole rings is 1. The molecule has 2 amide bonds. The number of hydrogen-bond donors (Lipinski definition) is 3. The molecule has 3 aromatic rings. The number of β-lactam (4-membered cyclic amide) rings is 1. The van der Waals surface area contributed by atoms with Crippen LogP contribution in [0.15, 0.2) is 38.9 Å². The fourth-order valence-electron chi connectivity index (χ4n) is 6.14. The Morgan fingerprint density at radius 3 is 2.48 bits per heavy atom. The smallest absolute Gasteiger partial charge is 0.352 e. The summed E-state index contributed by atoms with van der Waals surface area (Å²) in [4.78, 5) is 78.4. The second-order valence-electron chi connectivity index (χ2n) is 11.8. The molecule has 2 saturated heterocycles. The molecule has 0 saturated carbocycles. The first-order valence-corrected chi connectivity index (χ1v) is 17.5. The van der Waals surface area contributed by atoms with Crippen molar-refractivity contribution in [3.8, 4) is 0 Å². The van der Waals surface area contributed by atoms with Crippen LogP contribution >= 0.6 is 47.9 Å². The highest BCUT2D eigenvalue weighted by Crippen LogP contribution is 2.40. The van der Waals surface area contributed by atoms with Gasteiger partial charge in [0.05, 0.1) is 17.4 Å². The number of likely N-dealkylation sites (N-methyl/N-ethyl adjacent to an activating group) is 1. The van der Waals surface area contributed by atoms with Gasteiger partial charge in [0.2, 0.25) is 5.43 Å². The molecule has 54 heavy (non-hydrogen) atoms. The normalized spacial score (nSPS) is 18.7. The summed E-state index contributed by atoms with van der Waals surface area (Å²) >= 11 is 2.12. The lowest BCUT2D eigenvalue weighted by Gasteiger charge is -2.49. The number of aryl methyl sites for hydroxylation is 1. The number of nitrogen functional groups attached to an aromatic ring is 1. The number of anilines is 2. The van der Waals surface area contributed by atoms with Crippen LogP contribution in [0.25, 0.3) is 10.9 Å². The molecule has 0 radical (unpaired) electrons. The quantitative estimate of drug-likeness (QED) is 0.109. The van der Waals surface area contributed by atoms with E-state index in [-0.39, 0.29) is 63.9 Å². The van der Waals surface area contributed by atoms with E-state index in [1.165, 1.54) is 17.4 Å². The van der Waals surface area contributed by atoms with Crippen LogP contribution in [0.5, 0.6) is 0 Å². The molecule has 292 valence electrons. The van der Waals surface area contributed by atoms with E-state index in [9.17, 15) is 33.5 Å². The molecule has 0 unspecified atom stereocenters. The average molecular weight is 838 g/mol. The Labute approximate surface area is 324 Å². The Morgan fingerprint density at radius 1 is 1.17 bits per heavy atom. The number of carboxylic acids is 1. The number of piperazine rings is 1. The number of hydrogen-bond acceptors (Lipinski definition) is 14. The minimum atomic E-state index is -1.52. The van der Waals surface area contributed by atoms with E-state index < -0.39 is 88.7 Å². The number of carboxylic acid groups (broad SMARTS) is 1. The second kappa shape index (κ2) is 17.3. The summed E-state index contributed by atoms with van der Waals surface area (Å²) in [5.74, 6) is -6.54. The van der Waals surface area contributed by atoms with Crippen molar-refractivity contribution in [1.82, 2.24) is 24.7 Å². The molecular formula is C31H33Cl2F3N8O8S2. The largest absolute Gasteiger partial charge is 0.477 e. The van der Waals surface area contributed by atoms with Crippen LogP contribution in [0.4, 0.5) is 24.0 Å². The summed E-state index contributed by atoms with van der Waals surface area (Å²) in [5, 5.41) is 16.5. The van der Waals surface area contributed by atoms with Gasteiger partial charge in [-0.1, -0.05) is 5.16 Å². The molecule has 3 aliphatic rings. The number of esters is 1. The predicted octanol–water partition coefficient (Wildman–Crippen LogP) is 1.83. The molecule has 2 aromatic heterocycles. The van der Waals surface area contributed by atoms with Gasteiger partial charge < -0.3 is 40.1 Å². The van der Waals surface area contributed by atoms with Crippen LogP contribution in [0.3, 0.4) is 0 Å². The molecule has 1 aromatic carbocycles. The molecule has 2 fully saturated rings. The molecule has 6 rings (SSSR count). The highest BCUT2D eigenvalue weighted by molar-refractivity contribution is 8.00. The highest BCUT2D eigenvalue weighted by Gasteiger charge is 2.54. The molecular weight excluding hydrogens is 804 g/mol. The van der Waals surface area contributed by atoms with Crippen LogP contribution in [0, 0.1) is 11.6 Å². The van der Waals surface area contributed by atoms with Crippen LogP contribution in [0.2, 0.25) is 0 Å². The van der Waals surface area contributed by atoms with Crippen LogP contribution in [-0.4, -0.2) is 125 Å². The molecule has 0 spiro atoms. The zero-order valence-electron chi connectivity index (χ0n) is 28.4. The lowest BCUT2D eigenvalue weighted by molar-refractivity contribution is -0.150. The van der Waals surface area contributed by atoms with Gasteiger partial charge in [-0.3, -0.25) is 19.3 Å². The number of nitrogens with zero attached hydrogens (tertiary/aromatic N) is 6. The fraction of sp³-hybridized carbons (Fsp3) is 0.387. The number of alkyl halides is 1. The zero-order chi connectivity index (χ0) is 37.4. The van der Waals surface area contributed by atoms with Crippen molar-refractivity contribution in [1.29, 1.82) is 0 Å². The Morgan fingerprint density at radius 2 is 1.87 bits per heavy atom. The summed E-state index contributed by atoms with van der Waals surface area (Å²) < 4.78 is 51.3. The van der Waals surface area contributed by atoms with Gasteiger partial charge in [0.15, 0.2) is 16.7 Å². The summed E-state index contributed by atoms with van der Waals surface area (Å²) in [6.45, 7) is -0.459. The number of rotatable bonds is 11. The third-order valence-electron chi connectivity index (χ3n) is 8.67. The first kappa shape index (κ1) is 42.2.